The van der Waals surface area contributed by atoms with Gasteiger partial charge in [0.1, 0.15) is 0 Å². The summed E-state index contributed by atoms with van der Waals surface area (Å²) in [6.07, 6.45) is 0.635. The molecule has 1 aromatic rings. The Labute approximate surface area is 128 Å². The van der Waals surface area contributed by atoms with Crippen LogP contribution in [0.4, 0.5) is 5.69 Å². The van der Waals surface area contributed by atoms with E-state index in [1.165, 1.54) is 11.8 Å². The van der Waals surface area contributed by atoms with E-state index >= 15 is 0 Å². The Hall–Kier alpha value is -0.720. The van der Waals surface area contributed by atoms with Gasteiger partial charge in [-0.25, -0.2) is 8.42 Å². The summed E-state index contributed by atoms with van der Waals surface area (Å²) in [6.45, 7) is 1.84. The number of benzene rings is 1. The highest BCUT2D eigenvalue weighted by molar-refractivity contribution is 8.02. The van der Waals surface area contributed by atoms with Crippen LogP contribution in [0.3, 0.4) is 0 Å². The fourth-order valence-corrected chi connectivity index (χ4v) is 5.63. The molecule has 0 saturated carbocycles. The number of hydrogen-bond acceptors (Lipinski definition) is 4. The molecule has 1 heterocycles. The van der Waals surface area contributed by atoms with E-state index in [9.17, 15) is 13.2 Å². The predicted molar refractivity (Wildman–Crippen MR) is 84.3 cm³/mol. The lowest BCUT2D eigenvalue weighted by molar-refractivity contribution is -0.113. The van der Waals surface area contributed by atoms with Crippen molar-refractivity contribution in [1.82, 2.24) is 0 Å². The van der Waals surface area contributed by atoms with Gasteiger partial charge in [0.25, 0.3) is 0 Å². The normalized spacial score (nSPS) is 20.8. The van der Waals surface area contributed by atoms with Crippen molar-refractivity contribution in [3.63, 3.8) is 0 Å². The molecule has 0 bridgehead atoms. The van der Waals surface area contributed by atoms with Gasteiger partial charge in [-0.05, 0) is 31.0 Å². The van der Waals surface area contributed by atoms with Gasteiger partial charge in [-0.3, -0.25) is 4.79 Å². The van der Waals surface area contributed by atoms with E-state index in [2.05, 4.69) is 5.32 Å². The van der Waals surface area contributed by atoms with Gasteiger partial charge in [-0.2, -0.15) is 0 Å². The van der Waals surface area contributed by atoms with E-state index in [4.69, 9.17) is 11.6 Å². The van der Waals surface area contributed by atoms with Gasteiger partial charge in [-0.1, -0.05) is 17.7 Å². The van der Waals surface area contributed by atoms with Crippen LogP contribution in [0.1, 0.15) is 12.0 Å². The molecule has 110 valence electrons. The van der Waals surface area contributed by atoms with Gasteiger partial charge in [0, 0.05) is 16.0 Å². The Morgan fingerprint density at radius 3 is 2.90 bits per heavy atom. The van der Waals surface area contributed by atoms with Gasteiger partial charge in [-0.15, -0.1) is 11.8 Å². The molecule has 2 rings (SSSR count). The summed E-state index contributed by atoms with van der Waals surface area (Å²) in [5, 5.41) is 3.44. The molecule has 4 nitrogen and oxygen atoms in total. The van der Waals surface area contributed by atoms with Gasteiger partial charge in [0.2, 0.25) is 5.91 Å². The highest BCUT2D eigenvalue weighted by atomic mass is 35.5. The third kappa shape index (κ3) is 4.14. The number of carbonyl (C=O) groups is 1. The molecule has 1 saturated heterocycles. The topological polar surface area (TPSA) is 63.2 Å². The lowest BCUT2D eigenvalue weighted by Gasteiger charge is -2.11. The van der Waals surface area contributed by atoms with E-state index in [-0.39, 0.29) is 28.4 Å². The largest absolute Gasteiger partial charge is 0.325 e. The van der Waals surface area contributed by atoms with Crippen LogP contribution < -0.4 is 5.32 Å². The molecule has 1 aromatic carbocycles. The van der Waals surface area contributed by atoms with Crippen molar-refractivity contribution >= 4 is 44.8 Å². The fourth-order valence-electron chi connectivity index (χ4n) is 2.02. The average Bonchev–Trinajstić information content (AvgIpc) is 2.72. The number of halogens is 1. The van der Waals surface area contributed by atoms with Crippen molar-refractivity contribution in [2.45, 2.75) is 18.6 Å². The zero-order valence-corrected chi connectivity index (χ0v) is 13.4. The number of rotatable bonds is 4. The highest BCUT2D eigenvalue weighted by Crippen LogP contribution is 2.26. The Balaban J connectivity index is 1.86. The highest BCUT2D eigenvalue weighted by Gasteiger charge is 2.28. The molecule has 0 aliphatic carbocycles. The van der Waals surface area contributed by atoms with Crippen molar-refractivity contribution in [3.05, 3.63) is 28.8 Å². The van der Waals surface area contributed by atoms with Crippen molar-refractivity contribution in [1.29, 1.82) is 0 Å². The average molecular weight is 334 g/mol. The van der Waals surface area contributed by atoms with Crippen LogP contribution in [0, 0.1) is 6.92 Å². The van der Waals surface area contributed by atoms with E-state index in [1.54, 1.807) is 18.2 Å². The molecule has 1 amide bonds. The maximum atomic E-state index is 11.9. The molecule has 1 atom stereocenters. The number of amides is 1. The van der Waals surface area contributed by atoms with E-state index in [0.29, 0.717) is 17.1 Å². The predicted octanol–water partition coefficient (Wildman–Crippen LogP) is 2.51. The summed E-state index contributed by atoms with van der Waals surface area (Å²) in [7, 11) is -2.88. The maximum absolute atomic E-state index is 11.9. The SMILES string of the molecule is Cc1c(Cl)cccc1NC(=O)CS[C@@H]1CCS(=O)(=O)C1. The van der Waals surface area contributed by atoms with Gasteiger partial charge < -0.3 is 5.32 Å². The molecular formula is C13H16ClNO3S2. The van der Waals surface area contributed by atoms with Crippen molar-refractivity contribution in [3.8, 4) is 0 Å². The number of thioether (sulfide) groups is 1. The third-order valence-corrected chi connectivity index (χ3v) is 6.87. The van der Waals surface area contributed by atoms with Crippen LogP contribution >= 0.6 is 23.4 Å². The monoisotopic (exact) mass is 333 g/mol. The molecule has 0 spiro atoms. The Kier molecular flexibility index (Phi) is 4.99. The van der Waals surface area contributed by atoms with Crippen molar-refractivity contribution in [2.75, 3.05) is 22.6 Å². The minimum Gasteiger partial charge on any atom is -0.325 e. The van der Waals surface area contributed by atoms with Crippen LogP contribution in [0.5, 0.6) is 0 Å². The second-order valence-electron chi connectivity index (χ2n) is 4.80. The Bertz CT molecular complexity index is 616. The first-order valence-corrected chi connectivity index (χ1v) is 9.49. The second kappa shape index (κ2) is 6.37. The van der Waals surface area contributed by atoms with Gasteiger partial charge in [0.15, 0.2) is 9.84 Å². The molecule has 1 aliphatic heterocycles. The molecular weight excluding hydrogens is 318 g/mol. The molecule has 1 fully saturated rings. The van der Waals surface area contributed by atoms with Crippen molar-refractivity contribution in [2.24, 2.45) is 0 Å². The van der Waals surface area contributed by atoms with Gasteiger partial charge in [0.05, 0.1) is 17.3 Å². The lowest BCUT2D eigenvalue weighted by Crippen LogP contribution is -2.17. The fraction of sp³-hybridized carbons (Fsp3) is 0.462. The summed E-state index contributed by atoms with van der Waals surface area (Å²) < 4.78 is 22.7. The summed E-state index contributed by atoms with van der Waals surface area (Å²) in [6, 6.07) is 5.34. The Morgan fingerprint density at radius 1 is 1.50 bits per heavy atom. The zero-order chi connectivity index (χ0) is 14.8. The van der Waals surface area contributed by atoms with Crippen LogP contribution in [0.25, 0.3) is 0 Å². The van der Waals surface area contributed by atoms with E-state index < -0.39 is 9.84 Å². The van der Waals surface area contributed by atoms with Gasteiger partial charge >= 0.3 is 0 Å². The lowest BCUT2D eigenvalue weighted by atomic mass is 10.2. The quantitative estimate of drug-likeness (QED) is 0.919. The molecule has 20 heavy (non-hydrogen) atoms. The number of anilines is 1. The van der Waals surface area contributed by atoms with Crippen molar-refractivity contribution < 1.29 is 13.2 Å². The summed E-state index contributed by atoms with van der Waals surface area (Å²) in [5.74, 6) is 0.539. The molecule has 1 aliphatic rings. The van der Waals surface area contributed by atoms with E-state index in [0.717, 1.165) is 5.56 Å². The molecule has 7 heteroatoms. The number of sulfone groups is 1. The summed E-state index contributed by atoms with van der Waals surface area (Å²) >= 11 is 7.39. The van der Waals surface area contributed by atoms with Crippen LogP contribution in [-0.4, -0.2) is 36.8 Å². The zero-order valence-electron chi connectivity index (χ0n) is 11.1. The van der Waals surface area contributed by atoms with Crippen LogP contribution in [0.15, 0.2) is 18.2 Å². The minimum atomic E-state index is -2.88. The summed E-state index contributed by atoms with van der Waals surface area (Å²) in [4.78, 5) is 11.9. The van der Waals surface area contributed by atoms with Crippen LogP contribution in [-0.2, 0) is 14.6 Å². The first-order chi connectivity index (χ1) is 9.37. The third-order valence-electron chi connectivity index (χ3n) is 3.18. The number of carbonyl (C=O) groups excluding carboxylic acids is 1. The van der Waals surface area contributed by atoms with Crippen LogP contribution in [0.2, 0.25) is 5.02 Å². The molecule has 0 unspecified atom stereocenters. The minimum absolute atomic E-state index is 0.0335. The second-order valence-corrected chi connectivity index (χ2v) is 8.72. The molecule has 0 aromatic heterocycles. The molecule has 0 radical (unpaired) electrons. The number of hydrogen-bond donors (Lipinski definition) is 1. The Morgan fingerprint density at radius 2 is 2.25 bits per heavy atom. The standard InChI is InChI=1S/C13H16ClNO3S2/c1-9-11(14)3-2-4-12(9)15-13(16)7-19-10-5-6-20(17,18)8-10/h2-4,10H,5-8H2,1H3,(H,15,16)/t10-/m1/s1. The molecule has 1 N–H and O–H groups in total. The van der Waals surface area contributed by atoms with E-state index in [1.807, 2.05) is 6.92 Å². The maximum Gasteiger partial charge on any atom is 0.234 e. The summed E-state index contributed by atoms with van der Waals surface area (Å²) in [5.41, 5.74) is 1.53. The first kappa shape index (κ1) is 15.7. The number of nitrogens with one attached hydrogen (secondary N) is 1. The smallest absolute Gasteiger partial charge is 0.234 e. The first-order valence-electron chi connectivity index (χ1n) is 6.24.